The number of nitrogens with zero attached hydrogens (tertiary/aromatic N) is 2. The molecule has 0 heterocycles. The van der Waals surface area contributed by atoms with Crippen LogP contribution >= 0.6 is 0 Å². The summed E-state index contributed by atoms with van der Waals surface area (Å²) in [6.45, 7) is 7.07. The lowest BCUT2D eigenvalue weighted by Gasteiger charge is -2.22. The third-order valence-corrected chi connectivity index (χ3v) is 3.57. The molecule has 0 fully saturated rings. The average Bonchev–Trinajstić information content (AvgIpc) is 2.56. The number of ether oxygens (including phenoxy) is 2. The second-order valence-electron chi connectivity index (χ2n) is 6.80. The van der Waals surface area contributed by atoms with Gasteiger partial charge in [-0.25, -0.2) is 0 Å². The predicted molar refractivity (Wildman–Crippen MR) is 96.6 cm³/mol. The molecule has 2 aromatic carbocycles. The van der Waals surface area contributed by atoms with Crippen LogP contribution in [0.3, 0.4) is 0 Å². The van der Waals surface area contributed by atoms with Crippen LogP contribution in [0.4, 0.5) is 0 Å². The van der Waals surface area contributed by atoms with Crippen molar-refractivity contribution in [3.05, 3.63) is 59.2 Å². The highest BCUT2D eigenvalue weighted by atomic mass is 16.6. The first-order valence-corrected chi connectivity index (χ1v) is 8.16. The van der Waals surface area contributed by atoms with Gasteiger partial charge in [0.05, 0.1) is 11.6 Å². The summed E-state index contributed by atoms with van der Waals surface area (Å²) < 4.78 is 11.2. The Labute approximate surface area is 153 Å². The van der Waals surface area contributed by atoms with Gasteiger partial charge in [0.25, 0.3) is 0 Å². The molecule has 1 atom stereocenters. The zero-order valence-electron chi connectivity index (χ0n) is 15.2. The molecule has 0 spiro atoms. The first-order chi connectivity index (χ1) is 12.3. The van der Waals surface area contributed by atoms with Crippen LogP contribution in [0, 0.1) is 29.6 Å². The van der Waals surface area contributed by atoms with Gasteiger partial charge < -0.3 is 9.47 Å². The van der Waals surface area contributed by atoms with Crippen molar-refractivity contribution < 1.29 is 14.3 Å². The van der Waals surface area contributed by atoms with Gasteiger partial charge in [-0.1, -0.05) is 30.3 Å². The van der Waals surface area contributed by atoms with Crippen molar-refractivity contribution in [2.24, 2.45) is 0 Å². The predicted octanol–water partition coefficient (Wildman–Crippen LogP) is 4.61. The molecule has 0 aliphatic rings. The normalized spacial score (nSPS) is 11.8. The van der Waals surface area contributed by atoms with E-state index >= 15 is 0 Å². The van der Waals surface area contributed by atoms with Gasteiger partial charge in [-0.15, -0.1) is 0 Å². The zero-order valence-corrected chi connectivity index (χ0v) is 15.2. The van der Waals surface area contributed by atoms with Gasteiger partial charge in [-0.2, -0.15) is 10.5 Å². The van der Waals surface area contributed by atoms with Crippen LogP contribution in [0.25, 0.3) is 0 Å². The minimum Gasteiger partial charge on any atom is -0.459 e. The number of hydrogen-bond acceptors (Lipinski definition) is 5. The van der Waals surface area contributed by atoms with Gasteiger partial charge in [0.15, 0.2) is 5.92 Å². The fraction of sp³-hybridized carbons (Fsp3) is 0.286. The summed E-state index contributed by atoms with van der Waals surface area (Å²) in [5.74, 6) is -0.996. The molecular weight excluding hydrogens is 328 g/mol. The Morgan fingerprint density at radius 2 is 1.69 bits per heavy atom. The number of nitriles is 2. The fourth-order valence-corrected chi connectivity index (χ4v) is 2.39. The lowest BCUT2D eigenvalue weighted by Crippen LogP contribution is -2.27. The van der Waals surface area contributed by atoms with Gasteiger partial charge in [0, 0.05) is 5.56 Å². The molecule has 2 aromatic rings. The Morgan fingerprint density at radius 3 is 2.27 bits per heavy atom. The first-order valence-electron chi connectivity index (χ1n) is 8.16. The average molecular weight is 348 g/mol. The first kappa shape index (κ1) is 19.0. The van der Waals surface area contributed by atoms with Crippen molar-refractivity contribution >= 4 is 5.97 Å². The quantitative estimate of drug-likeness (QED) is 0.754. The SMILES string of the molecule is Cc1ccccc1Oc1cccc(C(C#N)C(=O)OC(C)(C)C)c1C#N. The van der Waals surface area contributed by atoms with E-state index in [4.69, 9.17) is 9.47 Å². The van der Waals surface area contributed by atoms with Crippen LogP contribution in [-0.2, 0) is 9.53 Å². The molecule has 0 N–H and O–H groups in total. The van der Waals surface area contributed by atoms with Gasteiger partial charge >= 0.3 is 5.97 Å². The number of rotatable bonds is 4. The van der Waals surface area contributed by atoms with Gasteiger partial charge in [-0.3, -0.25) is 4.79 Å². The Bertz CT molecular complexity index is 899. The Hall–Kier alpha value is -3.31. The van der Waals surface area contributed by atoms with Crippen molar-refractivity contribution in [1.82, 2.24) is 0 Å². The molecule has 1 unspecified atom stereocenters. The highest BCUT2D eigenvalue weighted by Gasteiger charge is 2.29. The zero-order chi connectivity index (χ0) is 19.3. The highest BCUT2D eigenvalue weighted by molar-refractivity contribution is 5.83. The van der Waals surface area contributed by atoms with E-state index in [0.717, 1.165) is 5.56 Å². The molecule has 0 amide bonds. The monoisotopic (exact) mass is 348 g/mol. The minimum atomic E-state index is -1.20. The minimum absolute atomic E-state index is 0.146. The summed E-state index contributed by atoms with van der Waals surface area (Å²) in [7, 11) is 0. The molecule has 0 saturated carbocycles. The van der Waals surface area contributed by atoms with Crippen LogP contribution in [0.15, 0.2) is 42.5 Å². The lowest BCUT2D eigenvalue weighted by atomic mass is 9.95. The van der Waals surface area contributed by atoms with E-state index in [-0.39, 0.29) is 11.1 Å². The van der Waals surface area contributed by atoms with Gasteiger partial charge in [0.2, 0.25) is 0 Å². The van der Waals surface area contributed by atoms with Crippen molar-refractivity contribution in [3.8, 4) is 23.6 Å². The van der Waals surface area contributed by atoms with E-state index in [1.807, 2.05) is 31.2 Å². The maximum atomic E-state index is 12.4. The largest absolute Gasteiger partial charge is 0.459 e. The van der Waals surface area contributed by atoms with Gasteiger partial charge in [-0.05, 0) is 45.4 Å². The van der Waals surface area contributed by atoms with E-state index in [1.54, 1.807) is 45.0 Å². The van der Waals surface area contributed by atoms with E-state index < -0.39 is 17.5 Å². The molecule has 0 aromatic heterocycles. The maximum Gasteiger partial charge on any atom is 0.328 e. The third-order valence-electron chi connectivity index (χ3n) is 3.57. The summed E-state index contributed by atoms with van der Waals surface area (Å²) in [6, 6.07) is 16.2. The number of carbonyl (C=O) groups excluding carboxylic acids is 1. The number of para-hydroxylation sites is 1. The summed E-state index contributed by atoms with van der Waals surface area (Å²) in [4.78, 5) is 12.4. The van der Waals surface area contributed by atoms with Crippen LogP contribution in [0.1, 0.15) is 43.4 Å². The number of aryl methyl sites for hydroxylation is 1. The standard InChI is InChI=1S/C21H20N2O3/c1-14-8-5-6-10-18(14)25-19-11-7-9-15(16(19)12-22)17(13-23)20(24)26-21(2,3)4/h5-11,17H,1-4H3. The summed E-state index contributed by atoms with van der Waals surface area (Å²) >= 11 is 0. The second-order valence-corrected chi connectivity index (χ2v) is 6.80. The molecule has 5 heteroatoms. The molecule has 0 saturated heterocycles. The van der Waals surface area contributed by atoms with Crippen LogP contribution in [0.2, 0.25) is 0 Å². The molecule has 0 aliphatic carbocycles. The molecule has 0 radical (unpaired) electrons. The van der Waals surface area contributed by atoms with E-state index in [2.05, 4.69) is 6.07 Å². The van der Waals surface area contributed by atoms with Crippen molar-refractivity contribution in [1.29, 1.82) is 10.5 Å². The van der Waals surface area contributed by atoms with E-state index in [0.29, 0.717) is 11.5 Å². The number of esters is 1. The second kappa shape index (κ2) is 7.72. The molecule has 26 heavy (non-hydrogen) atoms. The highest BCUT2D eigenvalue weighted by Crippen LogP contribution is 2.33. The van der Waals surface area contributed by atoms with E-state index in [1.165, 1.54) is 0 Å². The Morgan fingerprint density at radius 1 is 1.04 bits per heavy atom. The van der Waals surface area contributed by atoms with Crippen molar-refractivity contribution in [3.63, 3.8) is 0 Å². The fourth-order valence-electron chi connectivity index (χ4n) is 2.39. The smallest absolute Gasteiger partial charge is 0.328 e. The summed E-state index contributed by atoms with van der Waals surface area (Å²) in [5.41, 5.74) is 0.600. The number of benzene rings is 2. The third kappa shape index (κ3) is 4.40. The molecule has 0 aliphatic heterocycles. The number of carbonyl (C=O) groups is 1. The Kier molecular flexibility index (Phi) is 5.64. The summed E-state index contributed by atoms with van der Waals surface area (Å²) in [6.07, 6.45) is 0. The number of hydrogen-bond donors (Lipinski definition) is 0. The summed E-state index contributed by atoms with van der Waals surface area (Å²) in [5, 5.41) is 19.1. The molecule has 5 nitrogen and oxygen atoms in total. The van der Waals surface area contributed by atoms with Gasteiger partial charge in [0.1, 0.15) is 23.2 Å². The molecular formula is C21H20N2O3. The van der Waals surface area contributed by atoms with Crippen molar-refractivity contribution in [2.45, 2.75) is 39.2 Å². The topological polar surface area (TPSA) is 83.1 Å². The lowest BCUT2D eigenvalue weighted by molar-refractivity contribution is -0.155. The maximum absolute atomic E-state index is 12.4. The Balaban J connectivity index is 2.44. The van der Waals surface area contributed by atoms with Crippen LogP contribution < -0.4 is 4.74 Å². The van der Waals surface area contributed by atoms with Crippen LogP contribution in [0.5, 0.6) is 11.5 Å². The molecule has 132 valence electrons. The van der Waals surface area contributed by atoms with Crippen molar-refractivity contribution in [2.75, 3.05) is 0 Å². The molecule has 0 bridgehead atoms. The van der Waals surface area contributed by atoms with Crippen LogP contribution in [-0.4, -0.2) is 11.6 Å². The van der Waals surface area contributed by atoms with E-state index in [9.17, 15) is 15.3 Å². The molecule has 2 rings (SSSR count).